The normalized spacial score (nSPS) is 16.5. The van der Waals surface area contributed by atoms with Crippen molar-refractivity contribution in [2.75, 3.05) is 26.2 Å². The van der Waals surface area contributed by atoms with E-state index in [0.29, 0.717) is 0 Å². The Labute approximate surface area is 137 Å². The van der Waals surface area contributed by atoms with E-state index < -0.39 is 0 Å². The Balaban J connectivity index is 1.81. The average molecular weight is 307 g/mol. The minimum absolute atomic E-state index is 0.234. The molecule has 0 amide bonds. The number of hydrogen-bond donors (Lipinski definition) is 0. The molecule has 0 spiro atoms. The SMILES string of the molecule is COc1ccc(/C=C/C2C=Cc3ccccc3N2C)cc1OC. The Bertz CT molecular complexity index is 749. The number of anilines is 1. The van der Waals surface area contributed by atoms with Crippen LogP contribution in [0, 0.1) is 0 Å². The molecule has 3 nitrogen and oxygen atoms in total. The number of nitrogens with zero attached hydrogens (tertiary/aromatic N) is 1. The van der Waals surface area contributed by atoms with Gasteiger partial charge >= 0.3 is 0 Å². The molecular formula is C20H21NO2. The van der Waals surface area contributed by atoms with Crippen molar-refractivity contribution in [2.45, 2.75) is 6.04 Å². The minimum atomic E-state index is 0.234. The van der Waals surface area contributed by atoms with Gasteiger partial charge in [0.25, 0.3) is 0 Å². The van der Waals surface area contributed by atoms with Gasteiger partial charge in [0.05, 0.1) is 20.3 Å². The van der Waals surface area contributed by atoms with Crippen LogP contribution in [-0.4, -0.2) is 27.3 Å². The van der Waals surface area contributed by atoms with E-state index in [2.05, 4.69) is 60.5 Å². The molecule has 3 heteroatoms. The molecule has 0 N–H and O–H groups in total. The van der Waals surface area contributed by atoms with Gasteiger partial charge in [0.15, 0.2) is 11.5 Å². The highest BCUT2D eigenvalue weighted by atomic mass is 16.5. The number of methoxy groups -OCH3 is 2. The largest absolute Gasteiger partial charge is 0.493 e. The number of ether oxygens (including phenoxy) is 2. The lowest BCUT2D eigenvalue weighted by Gasteiger charge is -2.30. The van der Waals surface area contributed by atoms with Crippen molar-refractivity contribution in [1.29, 1.82) is 0 Å². The first kappa shape index (κ1) is 15.2. The van der Waals surface area contributed by atoms with Gasteiger partial charge in [-0.15, -0.1) is 0 Å². The first-order valence-electron chi connectivity index (χ1n) is 7.63. The summed E-state index contributed by atoms with van der Waals surface area (Å²) in [7, 11) is 5.42. The molecule has 23 heavy (non-hydrogen) atoms. The number of fused-ring (bicyclic) bond motifs is 1. The minimum Gasteiger partial charge on any atom is -0.493 e. The standard InChI is InChI=1S/C20H21NO2/c1-21-17(12-10-16-6-4-5-7-18(16)21)11-8-15-9-13-19(22-2)20(14-15)23-3/h4-14,17H,1-3H3/b11-8+. The first-order chi connectivity index (χ1) is 11.2. The molecule has 1 aliphatic heterocycles. The Kier molecular flexibility index (Phi) is 4.38. The molecule has 1 aliphatic rings. The molecule has 1 unspecified atom stereocenters. The van der Waals surface area contributed by atoms with Crippen molar-refractivity contribution in [3.63, 3.8) is 0 Å². The van der Waals surface area contributed by atoms with Crippen LogP contribution in [0.1, 0.15) is 11.1 Å². The lowest BCUT2D eigenvalue weighted by molar-refractivity contribution is 0.355. The molecule has 0 aromatic heterocycles. The number of rotatable bonds is 4. The second-order valence-electron chi connectivity index (χ2n) is 5.49. The zero-order valence-corrected chi connectivity index (χ0v) is 13.7. The van der Waals surface area contributed by atoms with Gasteiger partial charge in [0, 0.05) is 12.7 Å². The van der Waals surface area contributed by atoms with Gasteiger partial charge in [-0.05, 0) is 29.3 Å². The van der Waals surface area contributed by atoms with Crippen molar-refractivity contribution in [3.05, 3.63) is 65.7 Å². The highest BCUT2D eigenvalue weighted by Crippen LogP contribution is 2.30. The third-order valence-corrected chi connectivity index (χ3v) is 4.13. The van der Waals surface area contributed by atoms with E-state index in [0.717, 1.165) is 17.1 Å². The predicted molar refractivity (Wildman–Crippen MR) is 96.2 cm³/mol. The number of hydrogen-bond acceptors (Lipinski definition) is 3. The van der Waals surface area contributed by atoms with Gasteiger partial charge in [0.1, 0.15) is 0 Å². The van der Waals surface area contributed by atoms with E-state index >= 15 is 0 Å². The summed E-state index contributed by atoms with van der Waals surface area (Å²) in [4.78, 5) is 2.27. The fourth-order valence-electron chi connectivity index (χ4n) is 2.80. The Morgan fingerprint density at radius 2 is 1.78 bits per heavy atom. The predicted octanol–water partition coefficient (Wildman–Crippen LogP) is 4.25. The van der Waals surface area contributed by atoms with E-state index in [1.165, 1.54) is 11.3 Å². The maximum absolute atomic E-state index is 5.35. The number of para-hydroxylation sites is 1. The lowest BCUT2D eigenvalue weighted by atomic mass is 10.0. The van der Waals surface area contributed by atoms with Crippen LogP contribution < -0.4 is 14.4 Å². The van der Waals surface area contributed by atoms with Crippen molar-refractivity contribution < 1.29 is 9.47 Å². The summed E-state index contributed by atoms with van der Waals surface area (Å²) in [5, 5.41) is 0. The summed E-state index contributed by atoms with van der Waals surface area (Å²) < 4.78 is 10.6. The third kappa shape index (κ3) is 3.09. The number of likely N-dealkylation sites (N-methyl/N-ethyl adjacent to an activating group) is 1. The van der Waals surface area contributed by atoms with Crippen LogP contribution in [0.4, 0.5) is 5.69 Å². The maximum Gasteiger partial charge on any atom is 0.161 e. The van der Waals surface area contributed by atoms with E-state index in [-0.39, 0.29) is 6.04 Å². The van der Waals surface area contributed by atoms with Crippen molar-refractivity contribution >= 4 is 17.8 Å². The molecule has 0 saturated heterocycles. The van der Waals surface area contributed by atoms with Crippen LogP contribution in [0.3, 0.4) is 0 Å². The van der Waals surface area contributed by atoms with Gasteiger partial charge in [-0.3, -0.25) is 0 Å². The molecule has 0 saturated carbocycles. The van der Waals surface area contributed by atoms with Gasteiger partial charge in [-0.1, -0.05) is 48.6 Å². The molecule has 0 radical (unpaired) electrons. The molecule has 3 rings (SSSR count). The highest BCUT2D eigenvalue weighted by molar-refractivity contribution is 5.73. The first-order valence-corrected chi connectivity index (χ1v) is 7.63. The fourth-order valence-corrected chi connectivity index (χ4v) is 2.80. The molecule has 1 atom stereocenters. The smallest absolute Gasteiger partial charge is 0.161 e. The highest BCUT2D eigenvalue weighted by Gasteiger charge is 2.16. The van der Waals surface area contributed by atoms with Crippen LogP contribution in [-0.2, 0) is 0 Å². The molecule has 2 aromatic rings. The van der Waals surface area contributed by atoms with Crippen LogP contribution in [0.5, 0.6) is 11.5 Å². The third-order valence-electron chi connectivity index (χ3n) is 4.13. The molecule has 118 valence electrons. The van der Waals surface area contributed by atoms with Crippen LogP contribution in [0.2, 0.25) is 0 Å². The van der Waals surface area contributed by atoms with Gasteiger partial charge in [-0.25, -0.2) is 0 Å². The van der Waals surface area contributed by atoms with E-state index in [1.54, 1.807) is 14.2 Å². The zero-order chi connectivity index (χ0) is 16.2. The lowest BCUT2D eigenvalue weighted by Crippen LogP contribution is -2.30. The maximum atomic E-state index is 5.35. The fraction of sp³-hybridized carbons (Fsp3) is 0.200. The topological polar surface area (TPSA) is 21.7 Å². The summed E-state index contributed by atoms with van der Waals surface area (Å²) in [6.45, 7) is 0. The van der Waals surface area contributed by atoms with Crippen molar-refractivity contribution in [2.24, 2.45) is 0 Å². The van der Waals surface area contributed by atoms with Gasteiger partial charge < -0.3 is 14.4 Å². The van der Waals surface area contributed by atoms with E-state index in [1.807, 2.05) is 18.2 Å². The second kappa shape index (κ2) is 6.61. The summed E-state index contributed by atoms with van der Waals surface area (Å²) in [5.74, 6) is 1.49. The summed E-state index contributed by atoms with van der Waals surface area (Å²) in [6.07, 6.45) is 8.69. The Morgan fingerprint density at radius 3 is 2.57 bits per heavy atom. The zero-order valence-electron chi connectivity index (χ0n) is 13.7. The summed E-state index contributed by atoms with van der Waals surface area (Å²) in [6, 6.07) is 14.6. The summed E-state index contributed by atoms with van der Waals surface area (Å²) >= 11 is 0. The quantitative estimate of drug-likeness (QED) is 0.843. The van der Waals surface area contributed by atoms with Gasteiger partial charge in [-0.2, -0.15) is 0 Å². The molecule has 1 heterocycles. The second-order valence-corrected chi connectivity index (χ2v) is 5.49. The van der Waals surface area contributed by atoms with Crippen LogP contribution in [0.15, 0.2) is 54.6 Å². The van der Waals surface area contributed by atoms with E-state index in [4.69, 9.17) is 9.47 Å². The Morgan fingerprint density at radius 1 is 1.00 bits per heavy atom. The molecular weight excluding hydrogens is 286 g/mol. The molecule has 0 bridgehead atoms. The Hall–Kier alpha value is -2.68. The van der Waals surface area contributed by atoms with Crippen LogP contribution >= 0.6 is 0 Å². The van der Waals surface area contributed by atoms with Crippen molar-refractivity contribution in [3.8, 4) is 11.5 Å². The number of benzene rings is 2. The van der Waals surface area contributed by atoms with Gasteiger partial charge in [0.2, 0.25) is 0 Å². The molecule has 0 fully saturated rings. The van der Waals surface area contributed by atoms with E-state index in [9.17, 15) is 0 Å². The molecule has 2 aromatic carbocycles. The average Bonchev–Trinajstić information content (AvgIpc) is 2.61. The van der Waals surface area contributed by atoms with Crippen LogP contribution in [0.25, 0.3) is 12.2 Å². The molecule has 0 aliphatic carbocycles. The van der Waals surface area contributed by atoms with Crippen molar-refractivity contribution in [1.82, 2.24) is 0 Å². The monoisotopic (exact) mass is 307 g/mol. The summed E-state index contributed by atoms with van der Waals surface area (Å²) in [5.41, 5.74) is 3.59.